The summed E-state index contributed by atoms with van der Waals surface area (Å²) in [6, 6.07) is 6.43. The van der Waals surface area contributed by atoms with Gasteiger partial charge < -0.3 is 10.5 Å². The van der Waals surface area contributed by atoms with Crippen molar-refractivity contribution in [3.63, 3.8) is 0 Å². The molecule has 1 aliphatic carbocycles. The molecule has 3 nitrogen and oxygen atoms in total. The van der Waals surface area contributed by atoms with E-state index in [4.69, 9.17) is 10.5 Å². The largest absolute Gasteiger partial charge is 0.466 e. The summed E-state index contributed by atoms with van der Waals surface area (Å²) in [6.07, 6.45) is 4.67. The van der Waals surface area contributed by atoms with Crippen molar-refractivity contribution < 1.29 is 9.53 Å². The van der Waals surface area contributed by atoms with Crippen LogP contribution in [0, 0.1) is 0 Å². The van der Waals surface area contributed by atoms with Gasteiger partial charge >= 0.3 is 5.97 Å². The highest BCUT2D eigenvalue weighted by atomic mass is 16.5. The van der Waals surface area contributed by atoms with Gasteiger partial charge in [0.15, 0.2) is 0 Å². The van der Waals surface area contributed by atoms with Crippen molar-refractivity contribution >= 4 is 5.97 Å². The van der Waals surface area contributed by atoms with E-state index in [1.165, 1.54) is 36.0 Å². The lowest BCUT2D eigenvalue weighted by Crippen LogP contribution is -2.27. The summed E-state index contributed by atoms with van der Waals surface area (Å²) >= 11 is 0. The molecule has 0 fully saturated rings. The molecule has 0 heterocycles. The van der Waals surface area contributed by atoms with E-state index in [0.29, 0.717) is 13.0 Å². The van der Waals surface area contributed by atoms with Gasteiger partial charge in [-0.15, -0.1) is 0 Å². The number of fused-ring (bicyclic) bond motifs is 1. The molecule has 18 heavy (non-hydrogen) atoms. The van der Waals surface area contributed by atoms with Crippen LogP contribution in [0.25, 0.3) is 0 Å². The van der Waals surface area contributed by atoms with Gasteiger partial charge in [-0.25, -0.2) is 0 Å². The number of aryl methyl sites for hydroxylation is 2. The quantitative estimate of drug-likeness (QED) is 0.810. The van der Waals surface area contributed by atoms with Gasteiger partial charge in [0.1, 0.15) is 0 Å². The maximum absolute atomic E-state index is 11.3. The van der Waals surface area contributed by atoms with Crippen LogP contribution in [0.5, 0.6) is 0 Å². The van der Waals surface area contributed by atoms with E-state index in [1.54, 1.807) is 0 Å². The molecule has 0 saturated carbocycles. The topological polar surface area (TPSA) is 52.3 Å². The zero-order valence-corrected chi connectivity index (χ0v) is 10.9. The van der Waals surface area contributed by atoms with E-state index >= 15 is 0 Å². The van der Waals surface area contributed by atoms with Gasteiger partial charge in [0.2, 0.25) is 0 Å². The summed E-state index contributed by atoms with van der Waals surface area (Å²) in [5, 5.41) is 0. The Morgan fingerprint density at radius 3 is 2.94 bits per heavy atom. The number of esters is 1. The van der Waals surface area contributed by atoms with E-state index in [-0.39, 0.29) is 12.0 Å². The number of hydrogen-bond donors (Lipinski definition) is 1. The lowest BCUT2D eigenvalue weighted by atomic mass is 10.00. The lowest BCUT2D eigenvalue weighted by Gasteiger charge is -2.12. The van der Waals surface area contributed by atoms with Crippen LogP contribution in [0.3, 0.4) is 0 Å². The summed E-state index contributed by atoms with van der Waals surface area (Å²) < 4.78 is 4.91. The van der Waals surface area contributed by atoms with Crippen molar-refractivity contribution in [2.75, 3.05) is 6.61 Å². The summed E-state index contributed by atoms with van der Waals surface area (Å²) in [5.41, 5.74) is 10.1. The minimum absolute atomic E-state index is 0.150. The molecule has 2 rings (SSSR count). The van der Waals surface area contributed by atoms with Gasteiger partial charge in [0.25, 0.3) is 0 Å². The second kappa shape index (κ2) is 6.01. The minimum atomic E-state index is -0.203. The van der Waals surface area contributed by atoms with Crippen LogP contribution in [0.2, 0.25) is 0 Å². The zero-order valence-electron chi connectivity index (χ0n) is 10.9. The first-order valence-electron chi connectivity index (χ1n) is 6.71. The highest BCUT2D eigenvalue weighted by Crippen LogP contribution is 2.23. The predicted octanol–water partition coefficient (Wildman–Crippen LogP) is 2.00. The fraction of sp³-hybridized carbons (Fsp3) is 0.533. The molecule has 98 valence electrons. The van der Waals surface area contributed by atoms with Crippen LogP contribution < -0.4 is 5.73 Å². The first-order valence-corrected chi connectivity index (χ1v) is 6.71. The molecule has 3 heteroatoms. The van der Waals surface area contributed by atoms with E-state index in [9.17, 15) is 4.79 Å². The maximum atomic E-state index is 11.3. The van der Waals surface area contributed by atoms with Crippen LogP contribution in [0.1, 0.15) is 36.5 Å². The van der Waals surface area contributed by atoms with Gasteiger partial charge in [-0.3, -0.25) is 4.79 Å². The first kappa shape index (κ1) is 13.1. The molecule has 0 aliphatic heterocycles. The fourth-order valence-electron chi connectivity index (χ4n) is 2.56. The third kappa shape index (κ3) is 3.33. The van der Waals surface area contributed by atoms with Gasteiger partial charge in [0.05, 0.1) is 13.0 Å². The Kier molecular flexibility index (Phi) is 4.37. The van der Waals surface area contributed by atoms with E-state index in [2.05, 4.69) is 18.2 Å². The van der Waals surface area contributed by atoms with Crippen molar-refractivity contribution in [1.29, 1.82) is 0 Å². The normalized spacial score (nSPS) is 15.2. The SMILES string of the molecule is CCOC(=O)CC(N)Cc1ccc2c(c1)CCC2. The molecule has 0 aromatic heterocycles. The van der Waals surface area contributed by atoms with Crippen LogP contribution >= 0.6 is 0 Å². The Hall–Kier alpha value is -1.35. The van der Waals surface area contributed by atoms with Crippen molar-refractivity contribution in [3.05, 3.63) is 34.9 Å². The van der Waals surface area contributed by atoms with E-state index < -0.39 is 0 Å². The first-order chi connectivity index (χ1) is 8.69. The lowest BCUT2D eigenvalue weighted by molar-refractivity contribution is -0.143. The number of rotatable bonds is 5. The highest BCUT2D eigenvalue weighted by Gasteiger charge is 2.14. The van der Waals surface area contributed by atoms with Crippen LogP contribution in [-0.4, -0.2) is 18.6 Å². The van der Waals surface area contributed by atoms with Crippen LogP contribution in [-0.2, 0) is 28.8 Å². The Balaban J connectivity index is 1.91. The van der Waals surface area contributed by atoms with Gasteiger partial charge in [-0.1, -0.05) is 18.2 Å². The third-order valence-corrected chi connectivity index (χ3v) is 3.39. The molecule has 0 spiro atoms. The van der Waals surface area contributed by atoms with Crippen molar-refractivity contribution in [3.8, 4) is 0 Å². The molecule has 2 N–H and O–H groups in total. The van der Waals surface area contributed by atoms with Crippen molar-refractivity contribution in [2.45, 2.75) is 45.1 Å². The summed E-state index contributed by atoms with van der Waals surface area (Å²) in [5.74, 6) is -0.203. The number of benzene rings is 1. The van der Waals surface area contributed by atoms with Crippen molar-refractivity contribution in [2.24, 2.45) is 5.73 Å². The van der Waals surface area contributed by atoms with Gasteiger partial charge in [-0.05, 0) is 49.3 Å². The molecule has 0 radical (unpaired) electrons. The smallest absolute Gasteiger partial charge is 0.307 e. The number of carbonyl (C=O) groups excluding carboxylic acids is 1. The van der Waals surface area contributed by atoms with Gasteiger partial charge in [0, 0.05) is 6.04 Å². The Bertz CT molecular complexity index is 429. The zero-order chi connectivity index (χ0) is 13.0. The molecule has 1 aliphatic rings. The number of ether oxygens (including phenoxy) is 1. The van der Waals surface area contributed by atoms with Crippen molar-refractivity contribution in [1.82, 2.24) is 0 Å². The predicted molar refractivity (Wildman–Crippen MR) is 71.4 cm³/mol. The number of hydrogen-bond acceptors (Lipinski definition) is 3. The van der Waals surface area contributed by atoms with Crippen LogP contribution in [0.15, 0.2) is 18.2 Å². The summed E-state index contributed by atoms with van der Waals surface area (Å²) in [6.45, 7) is 2.23. The molecule has 1 aromatic carbocycles. The number of carbonyl (C=O) groups is 1. The fourth-order valence-corrected chi connectivity index (χ4v) is 2.56. The summed E-state index contributed by atoms with van der Waals surface area (Å²) in [7, 11) is 0. The molecule has 0 bridgehead atoms. The van der Waals surface area contributed by atoms with E-state index in [1.807, 2.05) is 6.92 Å². The average Bonchev–Trinajstić information content (AvgIpc) is 2.76. The molecule has 1 atom stereocenters. The monoisotopic (exact) mass is 247 g/mol. The molecule has 0 amide bonds. The van der Waals surface area contributed by atoms with Gasteiger partial charge in [-0.2, -0.15) is 0 Å². The molecule has 1 aromatic rings. The number of nitrogens with two attached hydrogens (primary N) is 1. The molecule has 0 saturated heterocycles. The second-order valence-corrected chi connectivity index (χ2v) is 4.93. The minimum Gasteiger partial charge on any atom is -0.466 e. The summed E-state index contributed by atoms with van der Waals surface area (Å²) in [4.78, 5) is 11.3. The highest BCUT2D eigenvalue weighted by molar-refractivity contribution is 5.70. The Morgan fingerprint density at radius 1 is 1.39 bits per heavy atom. The Labute approximate surface area is 108 Å². The average molecular weight is 247 g/mol. The standard InChI is InChI=1S/C15H21NO2/c1-2-18-15(17)10-14(16)9-11-6-7-12-4-3-5-13(12)8-11/h6-8,14H,2-5,9-10,16H2,1H3. The molecular formula is C15H21NO2. The maximum Gasteiger partial charge on any atom is 0.307 e. The molecule has 1 unspecified atom stereocenters. The molecular weight excluding hydrogens is 226 g/mol. The van der Waals surface area contributed by atoms with Crippen LogP contribution in [0.4, 0.5) is 0 Å². The second-order valence-electron chi connectivity index (χ2n) is 4.93. The Morgan fingerprint density at radius 2 is 2.17 bits per heavy atom. The third-order valence-electron chi connectivity index (χ3n) is 3.39. The van der Waals surface area contributed by atoms with E-state index in [0.717, 1.165) is 6.42 Å².